The first-order chi connectivity index (χ1) is 9.38. The quantitative estimate of drug-likeness (QED) is 0.674. The molecule has 2 rings (SSSR count). The zero-order chi connectivity index (χ0) is 14.9. The van der Waals surface area contributed by atoms with E-state index in [1.807, 2.05) is 0 Å². The molecule has 0 atom stereocenters. The van der Waals surface area contributed by atoms with Gasteiger partial charge in [-0.2, -0.15) is 0 Å². The van der Waals surface area contributed by atoms with E-state index in [1.54, 1.807) is 0 Å². The Morgan fingerprint density at radius 1 is 0.750 bits per heavy atom. The molecule has 0 aliphatic carbocycles. The van der Waals surface area contributed by atoms with Gasteiger partial charge in [0.2, 0.25) is 0 Å². The highest BCUT2D eigenvalue weighted by atomic mass is 16.5. The van der Waals surface area contributed by atoms with E-state index < -0.39 is 0 Å². The van der Waals surface area contributed by atoms with Gasteiger partial charge < -0.3 is 4.74 Å². The normalized spacial score (nSPS) is 11.8. The molecule has 0 aliphatic rings. The number of rotatable bonds is 4. The van der Waals surface area contributed by atoms with Crippen LogP contribution in [-0.4, -0.2) is 6.10 Å². The summed E-state index contributed by atoms with van der Waals surface area (Å²) in [6.45, 7) is 13.1. The fourth-order valence-corrected chi connectivity index (χ4v) is 2.48. The van der Waals surface area contributed by atoms with Crippen LogP contribution in [0, 0.1) is 0 Å². The third-order valence-corrected chi connectivity index (χ3v) is 3.64. The Bertz CT molecular complexity index is 594. The summed E-state index contributed by atoms with van der Waals surface area (Å²) in [6.07, 6.45) is 0.207. The van der Waals surface area contributed by atoms with Gasteiger partial charge in [0.15, 0.2) is 0 Å². The second kappa shape index (κ2) is 5.87. The minimum atomic E-state index is 0.207. The third kappa shape index (κ3) is 3.15. The Morgan fingerprint density at radius 2 is 1.45 bits per heavy atom. The summed E-state index contributed by atoms with van der Waals surface area (Å²) in [5, 5.41) is 2.57. The summed E-state index contributed by atoms with van der Waals surface area (Å²) >= 11 is 0. The molecule has 20 heavy (non-hydrogen) atoms. The molecule has 0 spiro atoms. The molecule has 108 valence electrons. The average molecular weight is 270 g/mol. The van der Waals surface area contributed by atoms with Crippen molar-refractivity contribution in [3.05, 3.63) is 41.5 Å². The lowest BCUT2D eigenvalue weighted by molar-refractivity contribution is 0.239. The predicted molar refractivity (Wildman–Crippen MR) is 87.9 cm³/mol. The molecule has 0 saturated heterocycles. The highest BCUT2D eigenvalue weighted by Gasteiger charge is 2.12. The van der Waals surface area contributed by atoms with Crippen molar-refractivity contribution in [2.45, 2.75) is 59.5 Å². The van der Waals surface area contributed by atoms with Gasteiger partial charge in [0.25, 0.3) is 0 Å². The molecule has 0 N–H and O–H groups in total. The van der Waals surface area contributed by atoms with Crippen LogP contribution in [0.2, 0.25) is 0 Å². The number of fused-ring (bicyclic) bond motifs is 1. The first kappa shape index (κ1) is 14.9. The lowest BCUT2D eigenvalue weighted by Crippen LogP contribution is -2.08. The molecule has 1 heteroatoms. The smallest absolute Gasteiger partial charge is 0.123 e. The molecule has 0 aromatic heterocycles. The van der Waals surface area contributed by atoms with E-state index in [4.69, 9.17) is 4.74 Å². The molecular formula is C19H26O. The Morgan fingerprint density at radius 3 is 2.00 bits per heavy atom. The van der Waals surface area contributed by atoms with Crippen molar-refractivity contribution in [3.63, 3.8) is 0 Å². The molecule has 0 amide bonds. The van der Waals surface area contributed by atoms with Crippen molar-refractivity contribution < 1.29 is 4.74 Å². The fourth-order valence-electron chi connectivity index (χ4n) is 2.48. The minimum Gasteiger partial charge on any atom is -0.491 e. The van der Waals surface area contributed by atoms with Crippen molar-refractivity contribution >= 4 is 10.8 Å². The van der Waals surface area contributed by atoms with Crippen molar-refractivity contribution in [2.24, 2.45) is 0 Å². The van der Waals surface area contributed by atoms with Crippen LogP contribution in [0.5, 0.6) is 5.75 Å². The summed E-state index contributed by atoms with van der Waals surface area (Å²) in [6, 6.07) is 11.2. The van der Waals surface area contributed by atoms with Crippen molar-refractivity contribution in [2.75, 3.05) is 0 Å². The molecule has 0 fully saturated rings. The minimum absolute atomic E-state index is 0.207. The Hall–Kier alpha value is -1.50. The topological polar surface area (TPSA) is 9.23 Å². The lowest BCUT2D eigenvalue weighted by atomic mass is 9.94. The highest BCUT2D eigenvalue weighted by Crippen LogP contribution is 2.33. The summed E-state index contributed by atoms with van der Waals surface area (Å²) < 4.78 is 6.02. The summed E-state index contributed by atoms with van der Waals surface area (Å²) in [7, 11) is 0. The molecule has 0 saturated carbocycles. The first-order valence-electron chi connectivity index (χ1n) is 7.62. The van der Waals surface area contributed by atoms with Gasteiger partial charge >= 0.3 is 0 Å². The number of hydrogen-bond donors (Lipinski definition) is 0. The van der Waals surface area contributed by atoms with Gasteiger partial charge in [0.1, 0.15) is 5.75 Å². The maximum Gasteiger partial charge on any atom is 0.123 e. The monoisotopic (exact) mass is 270 g/mol. The van der Waals surface area contributed by atoms with Crippen molar-refractivity contribution in [1.82, 2.24) is 0 Å². The number of benzene rings is 2. The third-order valence-electron chi connectivity index (χ3n) is 3.64. The van der Waals surface area contributed by atoms with Gasteiger partial charge in [-0.3, -0.25) is 0 Å². The van der Waals surface area contributed by atoms with E-state index in [2.05, 4.69) is 71.9 Å². The van der Waals surface area contributed by atoms with Gasteiger partial charge in [-0.25, -0.2) is 0 Å². The molecule has 0 unspecified atom stereocenters. The van der Waals surface area contributed by atoms with E-state index in [0.717, 1.165) is 5.75 Å². The summed E-state index contributed by atoms with van der Waals surface area (Å²) in [5.41, 5.74) is 2.67. The van der Waals surface area contributed by atoms with Gasteiger partial charge in [-0.05, 0) is 59.7 Å². The Balaban J connectivity index is 2.59. The number of ether oxygens (including phenoxy) is 1. The van der Waals surface area contributed by atoms with Crippen LogP contribution in [0.1, 0.15) is 64.5 Å². The van der Waals surface area contributed by atoms with E-state index in [-0.39, 0.29) is 6.10 Å². The van der Waals surface area contributed by atoms with Crippen LogP contribution >= 0.6 is 0 Å². The largest absolute Gasteiger partial charge is 0.491 e. The van der Waals surface area contributed by atoms with E-state index in [9.17, 15) is 0 Å². The Kier molecular flexibility index (Phi) is 4.37. The highest BCUT2D eigenvalue weighted by molar-refractivity contribution is 5.86. The average Bonchev–Trinajstić information content (AvgIpc) is 2.36. The molecule has 0 radical (unpaired) electrons. The van der Waals surface area contributed by atoms with Crippen LogP contribution < -0.4 is 4.74 Å². The first-order valence-corrected chi connectivity index (χ1v) is 7.62. The zero-order valence-corrected chi connectivity index (χ0v) is 13.5. The maximum absolute atomic E-state index is 6.02. The van der Waals surface area contributed by atoms with Crippen LogP contribution in [0.3, 0.4) is 0 Å². The van der Waals surface area contributed by atoms with Gasteiger partial charge in [-0.1, -0.05) is 45.9 Å². The molecule has 1 nitrogen and oxygen atoms in total. The van der Waals surface area contributed by atoms with Crippen molar-refractivity contribution in [3.8, 4) is 5.75 Å². The second-order valence-corrected chi connectivity index (χ2v) is 6.47. The fraction of sp³-hybridized carbons (Fsp3) is 0.474. The van der Waals surface area contributed by atoms with Crippen LogP contribution in [0.4, 0.5) is 0 Å². The number of hydrogen-bond acceptors (Lipinski definition) is 1. The van der Waals surface area contributed by atoms with E-state index in [0.29, 0.717) is 11.8 Å². The van der Waals surface area contributed by atoms with Crippen molar-refractivity contribution in [1.29, 1.82) is 0 Å². The van der Waals surface area contributed by atoms with Gasteiger partial charge in [-0.15, -0.1) is 0 Å². The molecule has 2 aromatic carbocycles. The molecule has 0 heterocycles. The lowest BCUT2D eigenvalue weighted by Gasteiger charge is -2.18. The van der Waals surface area contributed by atoms with Crippen LogP contribution in [-0.2, 0) is 0 Å². The van der Waals surface area contributed by atoms with Gasteiger partial charge in [0.05, 0.1) is 6.10 Å². The van der Waals surface area contributed by atoms with E-state index >= 15 is 0 Å². The Labute approximate surface area is 123 Å². The zero-order valence-electron chi connectivity index (χ0n) is 13.5. The van der Waals surface area contributed by atoms with Crippen LogP contribution in [0.25, 0.3) is 10.8 Å². The molecule has 0 aliphatic heterocycles. The predicted octanol–water partition coefficient (Wildman–Crippen LogP) is 5.87. The standard InChI is InChI=1S/C19H26O/c1-12(2)15-7-8-16-10-18(13(3)4)19(20-14(5)6)11-17(16)9-15/h7-14H,1-6H3. The van der Waals surface area contributed by atoms with Gasteiger partial charge in [0, 0.05) is 0 Å². The summed E-state index contributed by atoms with van der Waals surface area (Å²) in [4.78, 5) is 0. The van der Waals surface area contributed by atoms with E-state index in [1.165, 1.54) is 21.9 Å². The maximum atomic E-state index is 6.02. The van der Waals surface area contributed by atoms with Crippen LogP contribution in [0.15, 0.2) is 30.3 Å². The molecular weight excluding hydrogens is 244 g/mol. The molecule has 0 bridgehead atoms. The second-order valence-electron chi connectivity index (χ2n) is 6.47. The molecule has 2 aromatic rings. The SMILES string of the molecule is CC(C)Oc1cc2cc(C(C)C)ccc2cc1C(C)C. The summed E-state index contributed by atoms with van der Waals surface area (Å²) in [5.74, 6) is 2.06.